The molecule has 3 aliphatic heterocycles. The van der Waals surface area contributed by atoms with E-state index < -0.39 is 12.1 Å². The molecule has 0 aliphatic carbocycles. The maximum Gasteiger partial charge on any atom is 0.338 e. The summed E-state index contributed by atoms with van der Waals surface area (Å²) in [5, 5.41) is 16.6. The van der Waals surface area contributed by atoms with Crippen LogP contribution in [0.3, 0.4) is 0 Å². The Bertz CT molecular complexity index is 1030. The summed E-state index contributed by atoms with van der Waals surface area (Å²) in [4.78, 5) is 25.5. The second-order valence-electron chi connectivity index (χ2n) is 7.84. The standard InChI is InChI=1S/C22H24N2O7S/c25-20(12-4-5-14-15(9-12)31-11-30-14)23-10-16-19-13(6-8-28-16)18(22(26)27)21(32-19)24-17-3-1-2-7-29-17/h4-5,9,16-17,24H,1-3,6-8,10-11H2,(H,23,25)(H,26,27). The summed E-state index contributed by atoms with van der Waals surface area (Å²) in [6.45, 7) is 1.45. The quantitative estimate of drug-likeness (QED) is 0.602. The molecule has 3 N–H and O–H groups in total. The zero-order valence-electron chi connectivity index (χ0n) is 17.3. The first-order valence-electron chi connectivity index (χ1n) is 10.7. The Morgan fingerprint density at radius 3 is 2.81 bits per heavy atom. The number of carbonyl (C=O) groups is 2. The van der Waals surface area contributed by atoms with Crippen LogP contribution < -0.4 is 20.1 Å². The summed E-state index contributed by atoms with van der Waals surface area (Å²) in [6.07, 6.45) is 2.82. The number of anilines is 1. The summed E-state index contributed by atoms with van der Waals surface area (Å²) in [6, 6.07) is 5.02. The van der Waals surface area contributed by atoms with Gasteiger partial charge in [-0.2, -0.15) is 0 Å². The minimum absolute atomic E-state index is 0.144. The van der Waals surface area contributed by atoms with Crippen LogP contribution in [0, 0.1) is 0 Å². The molecule has 10 heteroatoms. The second-order valence-corrected chi connectivity index (χ2v) is 8.89. The first kappa shape index (κ1) is 21.0. The summed E-state index contributed by atoms with van der Waals surface area (Å²) < 4.78 is 22.2. The maximum atomic E-state index is 12.7. The van der Waals surface area contributed by atoms with E-state index in [1.54, 1.807) is 18.2 Å². The number of rotatable bonds is 6. The van der Waals surface area contributed by atoms with Crippen molar-refractivity contribution in [3.63, 3.8) is 0 Å². The average molecular weight is 461 g/mol. The predicted octanol–water partition coefficient (Wildman–Crippen LogP) is 3.16. The van der Waals surface area contributed by atoms with Crippen molar-refractivity contribution in [2.75, 3.05) is 31.9 Å². The number of hydrogen-bond donors (Lipinski definition) is 3. The van der Waals surface area contributed by atoms with Gasteiger partial charge < -0.3 is 34.7 Å². The summed E-state index contributed by atoms with van der Waals surface area (Å²) in [5.74, 6) is -0.0729. The number of thiophene rings is 1. The van der Waals surface area contributed by atoms with Crippen molar-refractivity contribution < 1.29 is 33.6 Å². The molecule has 2 unspecified atom stereocenters. The first-order chi connectivity index (χ1) is 15.6. The van der Waals surface area contributed by atoms with E-state index >= 15 is 0 Å². The van der Waals surface area contributed by atoms with Gasteiger partial charge in [-0.3, -0.25) is 4.79 Å². The lowest BCUT2D eigenvalue weighted by Gasteiger charge is -2.24. The lowest BCUT2D eigenvalue weighted by atomic mass is 10.0. The van der Waals surface area contributed by atoms with E-state index in [2.05, 4.69) is 10.6 Å². The summed E-state index contributed by atoms with van der Waals surface area (Å²) in [5.41, 5.74) is 1.52. The van der Waals surface area contributed by atoms with E-state index in [1.165, 1.54) is 11.3 Å². The number of fused-ring (bicyclic) bond motifs is 2. The van der Waals surface area contributed by atoms with Gasteiger partial charge in [-0.15, -0.1) is 11.3 Å². The molecular formula is C22H24N2O7S. The first-order valence-corrected chi connectivity index (χ1v) is 11.5. The monoisotopic (exact) mass is 460 g/mol. The van der Waals surface area contributed by atoms with Crippen LogP contribution in [0.5, 0.6) is 11.5 Å². The molecule has 9 nitrogen and oxygen atoms in total. The highest BCUT2D eigenvalue weighted by Crippen LogP contribution is 2.42. The van der Waals surface area contributed by atoms with Crippen LogP contribution in [0.15, 0.2) is 18.2 Å². The third-order valence-electron chi connectivity index (χ3n) is 5.77. The number of nitrogens with one attached hydrogen (secondary N) is 2. The van der Waals surface area contributed by atoms with Crippen LogP contribution in [0.25, 0.3) is 0 Å². The molecule has 2 atom stereocenters. The molecule has 1 saturated heterocycles. The third kappa shape index (κ3) is 4.13. The van der Waals surface area contributed by atoms with Crippen molar-refractivity contribution >= 4 is 28.2 Å². The van der Waals surface area contributed by atoms with Crippen LogP contribution in [0.2, 0.25) is 0 Å². The minimum Gasteiger partial charge on any atom is -0.478 e. The van der Waals surface area contributed by atoms with Crippen LogP contribution in [-0.4, -0.2) is 49.8 Å². The molecule has 0 bridgehead atoms. The largest absolute Gasteiger partial charge is 0.478 e. The molecule has 2 aromatic rings. The minimum atomic E-state index is -0.967. The number of aromatic carboxylic acids is 1. The SMILES string of the molecule is O=C(NCC1OCCc2c1sc(NC1CCCCO1)c2C(=O)O)c1ccc2c(c1)OCO2. The van der Waals surface area contributed by atoms with Crippen LogP contribution in [-0.2, 0) is 15.9 Å². The zero-order valence-corrected chi connectivity index (χ0v) is 18.2. The third-order valence-corrected chi connectivity index (χ3v) is 7.03. The van der Waals surface area contributed by atoms with Crippen molar-refractivity contribution in [1.82, 2.24) is 5.32 Å². The summed E-state index contributed by atoms with van der Waals surface area (Å²) in [7, 11) is 0. The second kappa shape index (κ2) is 8.97. The van der Waals surface area contributed by atoms with Crippen molar-refractivity contribution in [2.24, 2.45) is 0 Å². The van der Waals surface area contributed by atoms with E-state index in [4.69, 9.17) is 18.9 Å². The molecule has 1 aromatic carbocycles. The molecule has 3 aliphatic rings. The number of carboxylic acid groups (broad SMARTS) is 1. The molecule has 170 valence electrons. The van der Waals surface area contributed by atoms with E-state index in [0.29, 0.717) is 41.7 Å². The van der Waals surface area contributed by atoms with E-state index in [-0.39, 0.29) is 31.0 Å². The van der Waals surface area contributed by atoms with Gasteiger partial charge in [0.25, 0.3) is 5.91 Å². The van der Waals surface area contributed by atoms with E-state index in [1.807, 2.05) is 0 Å². The van der Waals surface area contributed by atoms with Gasteiger partial charge in [0, 0.05) is 23.6 Å². The molecule has 32 heavy (non-hydrogen) atoms. The fourth-order valence-corrected chi connectivity index (χ4v) is 5.51. The zero-order chi connectivity index (χ0) is 22.1. The van der Waals surface area contributed by atoms with Gasteiger partial charge in [0.15, 0.2) is 11.5 Å². The van der Waals surface area contributed by atoms with Crippen molar-refractivity contribution in [1.29, 1.82) is 0 Å². The number of benzene rings is 1. The van der Waals surface area contributed by atoms with Crippen LogP contribution in [0.1, 0.15) is 56.5 Å². The molecular weight excluding hydrogens is 436 g/mol. The van der Waals surface area contributed by atoms with E-state index in [9.17, 15) is 14.7 Å². The smallest absolute Gasteiger partial charge is 0.338 e. The molecule has 0 radical (unpaired) electrons. The Balaban J connectivity index is 1.32. The number of hydrogen-bond acceptors (Lipinski definition) is 8. The number of carboxylic acids is 1. The van der Waals surface area contributed by atoms with Gasteiger partial charge in [-0.25, -0.2) is 4.79 Å². The number of ether oxygens (including phenoxy) is 4. The molecule has 0 spiro atoms. The fraction of sp³-hybridized carbons (Fsp3) is 0.455. The highest BCUT2D eigenvalue weighted by molar-refractivity contribution is 7.16. The molecule has 5 rings (SSSR count). The van der Waals surface area contributed by atoms with Crippen LogP contribution in [0.4, 0.5) is 5.00 Å². The molecule has 1 amide bonds. The Hall–Kier alpha value is -2.82. The van der Waals surface area contributed by atoms with Crippen molar-refractivity contribution in [2.45, 2.75) is 38.0 Å². The molecule has 1 aromatic heterocycles. The number of carbonyl (C=O) groups excluding carboxylic acids is 1. The average Bonchev–Trinajstić information content (AvgIpc) is 3.42. The molecule has 1 fully saturated rings. The van der Waals surface area contributed by atoms with Gasteiger partial charge in [0.05, 0.1) is 12.2 Å². The van der Waals surface area contributed by atoms with Gasteiger partial charge in [0.2, 0.25) is 6.79 Å². The van der Waals surface area contributed by atoms with Crippen LogP contribution >= 0.6 is 11.3 Å². The Kier molecular flexibility index (Phi) is 5.90. The Morgan fingerprint density at radius 2 is 2.00 bits per heavy atom. The molecule has 0 saturated carbocycles. The highest BCUT2D eigenvalue weighted by Gasteiger charge is 2.32. The van der Waals surface area contributed by atoms with Gasteiger partial charge >= 0.3 is 5.97 Å². The Morgan fingerprint density at radius 1 is 1.12 bits per heavy atom. The fourth-order valence-electron chi connectivity index (χ4n) is 4.18. The van der Waals surface area contributed by atoms with E-state index in [0.717, 1.165) is 29.7 Å². The van der Waals surface area contributed by atoms with Gasteiger partial charge in [-0.05, 0) is 49.4 Å². The lowest BCUT2D eigenvalue weighted by molar-refractivity contribution is 0.0344. The predicted molar refractivity (Wildman–Crippen MR) is 116 cm³/mol. The van der Waals surface area contributed by atoms with Gasteiger partial charge in [0.1, 0.15) is 17.3 Å². The van der Waals surface area contributed by atoms with Crippen molar-refractivity contribution in [3.05, 3.63) is 39.8 Å². The summed E-state index contributed by atoms with van der Waals surface area (Å²) >= 11 is 1.37. The topological polar surface area (TPSA) is 115 Å². The number of amides is 1. The van der Waals surface area contributed by atoms with Crippen molar-refractivity contribution in [3.8, 4) is 11.5 Å². The lowest BCUT2D eigenvalue weighted by Crippen LogP contribution is -2.31. The molecule has 4 heterocycles. The van der Waals surface area contributed by atoms with Gasteiger partial charge in [-0.1, -0.05) is 0 Å². The maximum absolute atomic E-state index is 12.7. The highest BCUT2D eigenvalue weighted by atomic mass is 32.1. The normalized spacial score (nSPS) is 21.6. The Labute approximate surface area is 188 Å².